The summed E-state index contributed by atoms with van der Waals surface area (Å²) in [5.74, 6) is 0.463. The summed E-state index contributed by atoms with van der Waals surface area (Å²) >= 11 is 0. The number of hydrogen-bond acceptors (Lipinski definition) is 3. The molecule has 1 saturated heterocycles. The lowest BCUT2D eigenvalue weighted by molar-refractivity contribution is 0.115. The lowest BCUT2D eigenvalue weighted by atomic mass is 10.1. The molecule has 1 rings (SSSR count). The number of unbranched alkanes of at least 4 members (excludes halogenated alkanes) is 4. The van der Waals surface area contributed by atoms with Crippen molar-refractivity contribution in [2.75, 3.05) is 0 Å². The first-order valence-electron chi connectivity index (χ1n) is 5.31. The molecule has 3 nitrogen and oxygen atoms in total. The van der Waals surface area contributed by atoms with Crippen LogP contribution in [0, 0.1) is 0 Å². The van der Waals surface area contributed by atoms with Gasteiger partial charge in [-0.15, -0.1) is 0 Å². The van der Waals surface area contributed by atoms with Crippen LogP contribution in [-0.2, 0) is 9.47 Å². The largest absolute Gasteiger partial charge is 0.514 e. The predicted molar refractivity (Wildman–Crippen MR) is 53.9 cm³/mol. The maximum atomic E-state index is 10.7. The monoisotopic (exact) mass is 198 g/mol. The summed E-state index contributed by atoms with van der Waals surface area (Å²) in [6.45, 7) is 5.82. The normalized spacial score (nSPS) is 20.8. The zero-order chi connectivity index (χ0) is 10.4. The molecule has 14 heavy (non-hydrogen) atoms. The molecule has 0 spiro atoms. The quantitative estimate of drug-likeness (QED) is 0.484. The Morgan fingerprint density at radius 2 is 2.00 bits per heavy atom. The van der Waals surface area contributed by atoms with Crippen molar-refractivity contribution in [3.8, 4) is 0 Å². The second-order valence-electron chi connectivity index (χ2n) is 3.63. The van der Waals surface area contributed by atoms with Gasteiger partial charge in [-0.05, 0) is 12.8 Å². The summed E-state index contributed by atoms with van der Waals surface area (Å²) in [5.41, 5.74) is 0. The van der Waals surface area contributed by atoms with Crippen molar-refractivity contribution in [1.29, 1.82) is 0 Å². The molecule has 1 aliphatic rings. The Morgan fingerprint density at radius 1 is 1.29 bits per heavy atom. The lowest BCUT2D eigenvalue weighted by Crippen LogP contribution is -2.07. The highest BCUT2D eigenvalue weighted by atomic mass is 16.8. The number of carbonyl (C=O) groups is 1. The van der Waals surface area contributed by atoms with Crippen LogP contribution in [0.4, 0.5) is 4.79 Å². The van der Waals surface area contributed by atoms with Gasteiger partial charge in [-0.3, -0.25) is 0 Å². The fourth-order valence-electron chi connectivity index (χ4n) is 1.53. The second kappa shape index (κ2) is 5.68. The lowest BCUT2D eigenvalue weighted by Gasteiger charge is -2.06. The second-order valence-corrected chi connectivity index (χ2v) is 3.63. The third-order valence-electron chi connectivity index (χ3n) is 2.38. The fourth-order valence-corrected chi connectivity index (χ4v) is 1.53. The molecule has 0 aromatic heterocycles. The fraction of sp³-hybridized carbons (Fsp3) is 0.727. The number of carbonyl (C=O) groups excluding carboxylic acids is 1. The molecule has 0 radical (unpaired) electrons. The van der Waals surface area contributed by atoms with E-state index in [1.807, 2.05) is 0 Å². The molecule has 1 atom stereocenters. The Bertz CT molecular complexity index is 211. The number of hydrogen-bond donors (Lipinski definition) is 0. The van der Waals surface area contributed by atoms with Gasteiger partial charge in [0, 0.05) is 0 Å². The average Bonchev–Trinajstić information content (AvgIpc) is 2.45. The van der Waals surface area contributed by atoms with Crippen LogP contribution in [0.3, 0.4) is 0 Å². The molecule has 0 aromatic rings. The van der Waals surface area contributed by atoms with Crippen molar-refractivity contribution in [3.63, 3.8) is 0 Å². The van der Waals surface area contributed by atoms with Gasteiger partial charge < -0.3 is 9.47 Å². The Hall–Kier alpha value is -0.990. The number of ether oxygens (including phenoxy) is 2. The summed E-state index contributed by atoms with van der Waals surface area (Å²) in [5, 5.41) is 0. The van der Waals surface area contributed by atoms with Gasteiger partial charge in [0.2, 0.25) is 0 Å². The van der Waals surface area contributed by atoms with E-state index in [0.717, 1.165) is 12.8 Å². The molecule has 1 unspecified atom stereocenters. The minimum absolute atomic E-state index is 0.205. The van der Waals surface area contributed by atoms with E-state index in [1.165, 1.54) is 25.7 Å². The summed E-state index contributed by atoms with van der Waals surface area (Å²) in [7, 11) is 0. The van der Waals surface area contributed by atoms with Crippen LogP contribution in [0.5, 0.6) is 0 Å². The van der Waals surface area contributed by atoms with Crippen molar-refractivity contribution >= 4 is 6.16 Å². The zero-order valence-electron chi connectivity index (χ0n) is 8.75. The average molecular weight is 198 g/mol. The number of cyclic esters (lactones) is 2. The SMILES string of the molecule is C=C1OC(=O)OC1CCCCCCC. The minimum Gasteiger partial charge on any atom is -0.422 e. The first-order valence-corrected chi connectivity index (χ1v) is 5.31. The van der Waals surface area contributed by atoms with Crippen LogP contribution in [0.1, 0.15) is 45.4 Å². The highest BCUT2D eigenvalue weighted by Gasteiger charge is 2.28. The van der Waals surface area contributed by atoms with Crippen molar-refractivity contribution in [2.45, 2.75) is 51.6 Å². The molecule has 0 aromatic carbocycles. The van der Waals surface area contributed by atoms with E-state index in [-0.39, 0.29) is 6.10 Å². The van der Waals surface area contributed by atoms with Crippen molar-refractivity contribution in [3.05, 3.63) is 12.3 Å². The highest BCUT2D eigenvalue weighted by Crippen LogP contribution is 2.22. The third kappa shape index (κ3) is 3.40. The number of rotatable bonds is 6. The topological polar surface area (TPSA) is 35.5 Å². The van der Waals surface area contributed by atoms with Gasteiger partial charge in [0.1, 0.15) is 5.76 Å². The first kappa shape index (κ1) is 11.1. The smallest absolute Gasteiger partial charge is 0.422 e. The van der Waals surface area contributed by atoms with Crippen LogP contribution >= 0.6 is 0 Å². The molecule has 0 N–H and O–H groups in total. The van der Waals surface area contributed by atoms with Crippen LogP contribution in [-0.4, -0.2) is 12.3 Å². The molecule has 1 aliphatic heterocycles. The molecule has 1 fully saturated rings. The van der Waals surface area contributed by atoms with E-state index in [4.69, 9.17) is 9.47 Å². The standard InChI is InChI=1S/C11H18O3/c1-3-4-5-6-7-8-10-9(2)13-11(12)14-10/h10H,2-8H2,1H3. The Morgan fingerprint density at radius 3 is 2.57 bits per heavy atom. The highest BCUT2D eigenvalue weighted by molar-refractivity contribution is 5.64. The van der Waals surface area contributed by atoms with Gasteiger partial charge in [0.15, 0.2) is 6.10 Å². The van der Waals surface area contributed by atoms with Crippen LogP contribution < -0.4 is 0 Å². The molecule has 1 heterocycles. The molecule has 0 amide bonds. The van der Waals surface area contributed by atoms with E-state index < -0.39 is 6.16 Å². The predicted octanol–water partition coefficient (Wildman–Crippen LogP) is 3.40. The summed E-state index contributed by atoms with van der Waals surface area (Å²) < 4.78 is 9.62. The maximum Gasteiger partial charge on any atom is 0.514 e. The Labute approximate surface area is 85.1 Å². The van der Waals surface area contributed by atoms with E-state index in [2.05, 4.69) is 13.5 Å². The molecule has 0 aliphatic carbocycles. The van der Waals surface area contributed by atoms with Gasteiger partial charge in [0.05, 0.1) is 0 Å². The summed E-state index contributed by atoms with van der Waals surface area (Å²) in [4.78, 5) is 10.7. The van der Waals surface area contributed by atoms with E-state index in [9.17, 15) is 4.79 Å². The molecule has 80 valence electrons. The van der Waals surface area contributed by atoms with E-state index in [1.54, 1.807) is 0 Å². The van der Waals surface area contributed by atoms with Gasteiger partial charge in [-0.25, -0.2) is 4.79 Å². The van der Waals surface area contributed by atoms with Gasteiger partial charge in [-0.2, -0.15) is 0 Å². The third-order valence-corrected chi connectivity index (χ3v) is 2.38. The van der Waals surface area contributed by atoms with Crippen LogP contribution in [0.2, 0.25) is 0 Å². The molecule has 0 bridgehead atoms. The van der Waals surface area contributed by atoms with E-state index in [0.29, 0.717) is 5.76 Å². The molecular weight excluding hydrogens is 180 g/mol. The minimum atomic E-state index is -0.603. The van der Waals surface area contributed by atoms with Gasteiger partial charge in [-0.1, -0.05) is 39.2 Å². The van der Waals surface area contributed by atoms with Gasteiger partial charge >= 0.3 is 6.16 Å². The Kier molecular flexibility index (Phi) is 4.50. The summed E-state index contributed by atoms with van der Waals surface area (Å²) in [6.07, 6.45) is 6.07. The molecule has 3 heteroatoms. The maximum absolute atomic E-state index is 10.7. The summed E-state index contributed by atoms with van der Waals surface area (Å²) in [6, 6.07) is 0. The van der Waals surface area contributed by atoms with Crippen molar-refractivity contribution in [2.24, 2.45) is 0 Å². The Balaban J connectivity index is 2.07. The molecule has 0 saturated carbocycles. The van der Waals surface area contributed by atoms with Crippen molar-refractivity contribution < 1.29 is 14.3 Å². The zero-order valence-corrected chi connectivity index (χ0v) is 8.75. The van der Waals surface area contributed by atoms with Crippen molar-refractivity contribution in [1.82, 2.24) is 0 Å². The van der Waals surface area contributed by atoms with Gasteiger partial charge in [0.25, 0.3) is 0 Å². The van der Waals surface area contributed by atoms with E-state index >= 15 is 0 Å². The first-order chi connectivity index (χ1) is 6.74. The molecular formula is C11H18O3. The van der Waals surface area contributed by atoms with Crippen LogP contribution in [0.25, 0.3) is 0 Å². The van der Waals surface area contributed by atoms with Crippen LogP contribution in [0.15, 0.2) is 12.3 Å².